The van der Waals surface area contributed by atoms with Crippen LogP contribution in [0.4, 0.5) is 0 Å². The molecule has 1 aromatic carbocycles. The Hall–Kier alpha value is -2.97. The second-order valence-electron chi connectivity index (χ2n) is 11.6. The average Bonchev–Trinajstić information content (AvgIpc) is 3.63. The lowest BCUT2D eigenvalue weighted by molar-refractivity contribution is -0.157. The van der Waals surface area contributed by atoms with Crippen LogP contribution >= 0.6 is 0 Å². The number of aliphatic hydroxyl groups is 1. The van der Waals surface area contributed by atoms with Gasteiger partial charge in [-0.15, -0.1) is 13.2 Å². The van der Waals surface area contributed by atoms with Crippen LogP contribution in [0.5, 0.6) is 0 Å². The summed E-state index contributed by atoms with van der Waals surface area (Å²) in [5, 5.41) is 10.6. The van der Waals surface area contributed by atoms with Crippen molar-refractivity contribution in [1.29, 1.82) is 0 Å². The SMILES string of the molecule is C=CCCOC(=O)[C@@H]1[C@@H]2CCC3(O2)C(C(=O)N(CC=C)C2CCCCC2)N([C@@H](CO)Cc2ccccc2)C(=O)[C@H]13. The number of fused-ring (bicyclic) bond motifs is 1. The topological polar surface area (TPSA) is 96.4 Å². The molecule has 40 heavy (non-hydrogen) atoms. The fourth-order valence-corrected chi connectivity index (χ4v) is 7.62. The fraction of sp³-hybridized carbons (Fsp3) is 0.594. The van der Waals surface area contributed by atoms with Crippen molar-refractivity contribution in [3.8, 4) is 0 Å². The molecule has 1 N–H and O–H groups in total. The fourth-order valence-electron chi connectivity index (χ4n) is 7.62. The summed E-state index contributed by atoms with van der Waals surface area (Å²) >= 11 is 0. The molecule has 8 nitrogen and oxygen atoms in total. The molecule has 3 heterocycles. The van der Waals surface area contributed by atoms with Gasteiger partial charge in [0.1, 0.15) is 11.6 Å². The van der Waals surface area contributed by atoms with Crippen LogP contribution in [0.2, 0.25) is 0 Å². The highest BCUT2D eigenvalue weighted by Crippen LogP contribution is 2.59. The van der Waals surface area contributed by atoms with E-state index in [1.165, 1.54) is 0 Å². The van der Waals surface area contributed by atoms with Crippen molar-refractivity contribution >= 4 is 17.8 Å². The average molecular weight is 551 g/mol. The third kappa shape index (κ3) is 5.00. The molecule has 0 aromatic heterocycles. The van der Waals surface area contributed by atoms with Gasteiger partial charge < -0.3 is 24.4 Å². The molecule has 0 radical (unpaired) electrons. The molecule has 1 spiro atoms. The molecule has 2 unspecified atom stereocenters. The Labute approximate surface area is 237 Å². The van der Waals surface area contributed by atoms with Crippen molar-refractivity contribution in [3.63, 3.8) is 0 Å². The molecular formula is C32H42N2O6. The minimum atomic E-state index is -1.13. The number of likely N-dealkylation sites (tertiary alicyclic amines) is 1. The summed E-state index contributed by atoms with van der Waals surface area (Å²) < 4.78 is 12.1. The van der Waals surface area contributed by atoms with Crippen molar-refractivity contribution < 1.29 is 29.0 Å². The third-order valence-electron chi connectivity index (χ3n) is 9.35. The van der Waals surface area contributed by atoms with Gasteiger partial charge in [-0.2, -0.15) is 0 Å². The predicted octanol–water partition coefficient (Wildman–Crippen LogP) is 3.43. The maximum atomic E-state index is 14.7. The van der Waals surface area contributed by atoms with Gasteiger partial charge in [-0.3, -0.25) is 14.4 Å². The number of nitrogens with zero attached hydrogens (tertiary/aromatic N) is 2. The Morgan fingerprint density at radius 1 is 1.15 bits per heavy atom. The van der Waals surface area contributed by atoms with E-state index in [0.29, 0.717) is 32.2 Å². The second kappa shape index (κ2) is 12.3. The van der Waals surface area contributed by atoms with Crippen LogP contribution in [0.1, 0.15) is 56.9 Å². The van der Waals surface area contributed by atoms with Crippen molar-refractivity contribution in [2.24, 2.45) is 11.8 Å². The number of rotatable bonds is 12. The number of aliphatic hydroxyl groups excluding tert-OH is 1. The maximum absolute atomic E-state index is 14.7. The Balaban J connectivity index is 1.53. The first kappa shape index (κ1) is 28.6. The van der Waals surface area contributed by atoms with E-state index >= 15 is 0 Å². The van der Waals surface area contributed by atoms with E-state index in [1.807, 2.05) is 35.2 Å². The van der Waals surface area contributed by atoms with Gasteiger partial charge in [0.05, 0.1) is 37.2 Å². The molecule has 6 atom stereocenters. The lowest BCUT2D eigenvalue weighted by Crippen LogP contribution is -2.60. The summed E-state index contributed by atoms with van der Waals surface area (Å²) in [7, 11) is 0. The Morgan fingerprint density at radius 3 is 2.58 bits per heavy atom. The van der Waals surface area contributed by atoms with Crippen LogP contribution in [0.25, 0.3) is 0 Å². The van der Waals surface area contributed by atoms with E-state index in [9.17, 15) is 19.5 Å². The highest BCUT2D eigenvalue weighted by Gasteiger charge is 2.75. The van der Waals surface area contributed by atoms with E-state index < -0.39 is 41.6 Å². The molecule has 5 rings (SSSR count). The molecule has 3 aliphatic heterocycles. The van der Waals surface area contributed by atoms with Crippen LogP contribution in [0, 0.1) is 11.8 Å². The molecule has 1 aromatic rings. The first-order valence-electron chi connectivity index (χ1n) is 14.8. The third-order valence-corrected chi connectivity index (χ3v) is 9.35. The van der Waals surface area contributed by atoms with Gasteiger partial charge in [0.15, 0.2) is 0 Å². The zero-order chi connectivity index (χ0) is 28.3. The zero-order valence-corrected chi connectivity index (χ0v) is 23.3. The van der Waals surface area contributed by atoms with Crippen molar-refractivity contribution in [2.75, 3.05) is 19.8 Å². The Kier molecular flexibility index (Phi) is 8.76. The number of amides is 2. The number of esters is 1. The molecule has 4 aliphatic rings. The van der Waals surface area contributed by atoms with Crippen molar-refractivity contribution in [3.05, 3.63) is 61.2 Å². The van der Waals surface area contributed by atoms with Crippen LogP contribution in [0.3, 0.4) is 0 Å². The van der Waals surface area contributed by atoms with Crippen LogP contribution in [-0.4, -0.2) is 82.3 Å². The van der Waals surface area contributed by atoms with Crippen molar-refractivity contribution in [1.82, 2.24) is 9.80 Å². The summed E-state index contributed by atoms with van der Waals surface area (Å²) in [6.45, 7) is 7.85. The van der Waals surface area contributed by atoms with E-state index in [0.717, 1.165) is 37.7 Å². The predicted molar refractivity (Wildman–Crippen MR) is 150 cm³/mol. The molecule has 4 fully saturated rings. The first-order chi connectivity index (χ1) is 19.5. The van der Waals surface area contributed by atoms with Crippen LogP contribution < -0.4 is 0 Å². The lowest BCUT2D eigenvalue weighted by atomic mass is 9.70. The van der Waals surface area contributed by atoms with E-state index in [1.54, 1.807) is 17.1 Å². The van der Waals surface area contributed by atoms with E-state index in [-0.39, 0.29) is 31.1 Å². The van der Waals surface area contributed by atoms with Crippen LogP contribution in [-0.2, 0) is 30.3 Å². The van der Waals surface area contributed by atoms with Gasteiger partial charge in [0.2, 0.25) is 11.8 Å². The quantitative estimate of drug-likeness (QED) is 0.243. The van der Waals surface area contributed by atoms with E-state index in [2.05, 4.69) is 13.2 Å². The lowest BCUT2D eigenvalue weighted by Gasteiger charge is -2.42. The van der Waals surface area contributed by atoms with Gasteiger partial charge in [0.25, 0.3) is 0 Å². The summed E-state index contributed by atoms with van der Waals surface area (Å²) in [6.07, 6.45) is 10.0. The number of carbonyl (C=O) groups excluding carboxylic acids is 3. The van der Waals surface area contributed by atoms with Gasteiger partial charge in [0, 0.05) is 12.6 Å². The van der Waals surface area contributed by atoms with Crippen molar-refractivity contribution in [2.45, 2.75) is 87.6 Å². The number of carbonyl (C=O) groups is 3. The molecule has 2 bridgehead atoms. The number of hydrogen-bond acceptors (Lipinski definition) is 6. The van der Waals surface area contributed by atoms with Gasteiger partial charge in [-0.05, 0) is 44.1 Å². The Bertz CT molecular complexity index is 1100. The van der Waals surface area contributed by atoms with Crippen LogP contribution in [0.15, 0.2) is 55.6 Å². The minimum Gasteiger partial charge on any atom is -0.465 e. The van der Waals surface area contributed by atoms with E-state index in [4.69, 9.17) is 9.47 Å². The summed E-state index contributed by atoms with van der Waals surface area (Å²) in [6, 6.07) is 8.15. The Morgan fingerprint density at radius 2 is 1.90 bits per heavy atom. The molecule has 2 amide bonds. The molecule has 8 heteroatoms. The summed E-state index contributed by atoms with van der Waals surface area (Å²) in [4.78, 5) is 45.8. The monoisotopic (exact) mass is 550 g/mol. The first-order valence-corrected chi connectivity index (χ1v) is 14.8. The van der Waals surface area contributed by atoms with Gasteiger partial charge >= 0.3 is 5.97 Å². The minimum absolute atomic E-state index is 0.0617. The normalized spacial score (nSPS) is 30.1. The largest absolute Gasteiger partial charge is 0.465 e. The molecule has 3 saturated heterocycles. The second-order valence-corrected chi connectivity index (χ2v) is 11.6. The highest BCUT2D eigenvalue weighted by molar-refractivity contribution is 5.98. The number of benzene rings is 1. The zero-order valence-electron chi connectivity index (χ0n) is 23.3. The number of ether oxygens (including phenoxy) is 2. The van der Waals surface area contributed by atoms with Gasteiger partial charge in [-0.1, -0.05) is 61.7 Å². The molecule has 216 valence electrons. The molecule has 1 aliphatic carbocycles. The molecule has 1 saturated carbocycles. The molecular weight excluding hydrogens is 508 g/mol. The smallest absolute Gasteiger partial charge is 0.312 e. The summed E-state index contributed by atoms with van der Waals surface area (Å²) in [5.74, 6) is -2.53. The summed E-state index contributed by atoms with van der Waals surface area (Å²) in [5.41, 5.74) is -0.171. The maximum Gasteiger partial charge on any atom is 0.312 e. The highest BCUT2D eigenvalue weighted by atomic mass is 16.6. The number of hydrogen-bond donors (Lipinski definition) is 1. The standard InChI is InChI=1S/C32H42N2O6/c1-3-5-19-39-31(38)26-25-16-17-32(40-25)27(26)29(36)34(24(21-35)20-22-12-8-6-9-13-22)28(32)30(37)33(18-4-2)23-14-10-7-11-15-23/h3-4,6,8-9,12-13,23-28,35H,1-2,5,7,10-11,14-21H2/t24-,25+,26-,27+,28?,32?/m1/s1. The van der Waals surface area contributed by atoms with Gasteiger partial charge in [-0.25, -0.2) is 0 Å².